The average molecular weight is 405 g/mol. The van der Waals surface area contributed by atoms with Crippen LogP contribution in [0.25, 0.3) is 11.0 Å². The van der Waals surface area contributed by atoms with E-state index < -0.39 is 35.0 Å². The van der Waals surface area contributed by atoms with Crippen LogP contribution in [0.3, 0.4) is 0 Å². The van der Waals surface area contributed by atoms with E-state index in [2.05, 4.69) is 34.6 Å². The molecular formula is C10H5BrF4N2O4S. The summed E-state index contributed by atoms with van der Waals surface area (Å²) in [4.78, 5) is 3.91. The van der Waals surface area contributed by atoms with Gasteiger partial charge in [0, 0.05) is 12.1 Å². The Morgan fingerprint density at radius 3 is 2.32 bits per heavy atom. The summed E-state index contributed by atoms with van der Waals surface area (Å²) in [7, 11) is 1.15. The van der Waals surface area contributed by atoms with Crippen molar-refractivity contribution in [2.75, 3.05) is 7.11 Å². The molecule has 0 radical (unpaired) electrons. The zero-order chi connectivity index (χ0) is 16.3. The molecule has 0 saturated heterocycles. The summed E-state index contributed by atoms with van der Waals surface area (Å²) in [5, 5.41) is 0. The number of fused-ring (bicyclic) bond motifs is 2. The molecule has 0 fully saturated rings. The highest BCUT2D eigenvalue weighted by atomic mass is 79.9. The van der Waals surface area contributed by atoms with E-state index in [0.29, 0.717) is 0 Å². The summed E-state index contributed by atoms with van der Waals surface area (Å²) in [5.74, 6) is -1.24. The standard InChI is InChI=1S/C10H5BrF4N2O4S/c1-19-22(18)17-5-3-7-6(2-4(5)16-8(17)11)20-9(12,13)10(14,15)21-7/h2-3H,1H3. The number of benzene rings is 1. The molecule has 0 aliphatic carbocycles. The summed E-state index contributed by atoms with van der Waals surface area (Å²) in [6, 6.07) is 1.93. The summed E-state index contributed by atoms with van der Waals surface area (Å²) < 4.78 is 78.1. The summed E-state index contributed by atoms with van der Waals surface area (Å²) >= 11 is 1.000. The number of imidazole rings is 1. The zero-order valence-electron chi connectivity index (χ0n) is 10.5. The minimum Gasteiger partial charge on any atom is -0.421 e. The van der Waals surface area contributed by atoms with Crippen molar-refractivity contribution in [2.45, 2.75) is 12.2 Å². The van der Waals surface area contributed by atoms with Gasteiger partial charge in [0.15, 0.2) is 16.2 Å². The van der Waals surface area contributed by atoms with Gasteiger partial charge in [0.25, 0.3) is 11.3 Å². The lowest BCUT2D eigenvalue weighted by Crippen LogP contribution is -2.52. The fourth-order valence-corrected chi connectivity index (χ4v) is 3.16. The predicted molar refractivity (Wildman–Crippen MR) is 69.1 cm³/mol. The van der Waals surface area contributed by atoms with Crippen LogP contribution in [0.2, 0.25) is 0 Å². The van der Waals surface area contributed by atoms with Gasteiger partial charge < -0.3 is 9.47 Å². The number of halogens is 5. The molecule has 1 aliphatic heterocycles. The largest absolute Gasteiger partial charge is 0.507 e. The third-order valence-corrected chi connectivity index (χ3v) is 4.47. The molecule has 1 atom stereocenters. The highest BCUT2D eigenvalue weighted by Crippen LogP contribution is 2.48. The van der Waals surface area contributed by atoms with E-state index in [0.717, 1.165) is 23.2 Å². The van der Waals surface area contributed by atoms with Gasteiger partial charge in [-0.1, -0.05) is 0 Å². The summed E-state index contributed by atoms with van der Waals surface area (Å²) in [6.45, 7) is 0. The monoisotopic (exact) mass is 404 g/mol. The maximum Gasteiger partial charge on any atom is 0.507 e. The normalized spacial score (nSPS) is 20.1. The minimum atomic E-state index is -4.84. The number of rotatable bonds is 2. The van der Waals surface area contributed by atoms with Crippen molar-refractivity contribution >= 4 is 38.2 Å². The predicted octanol–water partition coefficient (Wildman–Crippen LogP) is 2.83. The van der Waals surface area contributed by atoms with E-state index in [-0.39, 0.29) is 15.8 Å². The average Bonchev–Trinajstić information content (AvgIpc) is 2.71. The lowest BCUT2D eigenvalue weighted by Gasteiger charge is -2.31. The van der Waals surface area contributed by atoms with E-state index in [1.54, 1.807) is 0 Å². The Balaban J connectivity index is 2.21. The van der Waals surface area contributed by atoms with Crippen LogP contribution in [0, 0.1) is 0 Å². The second-order valence-electron chi connectivity index (χ2n) is 4.08. The fraction of sp³-hybridized carbons (Fsp3) is 0.300. The highest BCUT2D eigenvalue weighted by Gasteiger charge is 2.66. The Morgan fingerprint density at radius 2 is 1.77 bits per heavy atom. The first-order valence-electron chi connectivity index (χ1n) is 5.48. The van der Waals surface area contributed by atoms with Crippen molar-refractivity contribution in [3.8, 4) is 11.5 Å². The number of aromatic nitrogens is 2. The zero-order valence-corrected chi connectivity index (χ0v) is 12.9. The lowest BCUT2D eigenvalue weighted by atomic mass is 10.2. The van der Waals surface area contributed by atoms with Crippen molar-refractivity contribution in [1.29, 1.82) is 0 Å². The van der Waals surface area contributed by atoms with Gasteiger partial charge in [-0.2, -0.15) is 17.6 Å². The Bertz CT molecular complexity index is 797. The van der Waals surface area contributed by atoms with E-state index >= 15 is 0 Å². The van der Waals surface area contributed by atoms with Gasteiger partial charge in [0.2, 0.25) is 0 Å². The first-order chi connectivity index (χ1) is 10.2. The molecule has 12 heteroatoms. The van der Waals surface area contributed by atoms with Gasteiger partial charge in [-0.25, -0.2) is 13.2 Å². The van der Waals surface area contributed by atoms with Crippen LogP contribution < -0.4 is 9.47 Å². The highest BCUT2D eigenvalue weighted by molar-refractivity contribution is 9.10. The third kappa shape index (κ3) is 2.16. The first-order valence-corrected chi connectivity index (χ1v) is 7.31. The van der Waals surface area contributed by atoms with Crippen molar-refractivity contribution in [2.24, 2.45) is 0 Å². The van der Waals surface area contributed by atoms with Crippen molar-refractivity contribution < 1.29 is 35.4 Å². The summed E-state index contributed by atoms with van der Waals surface area (Å²) in [5.41, 5.74) is 0.135. The van der Waals surface area contributed by atoms with Crippen LogP contribution in [-0.2, 0) is 15.4 Å². The van der Waals surface area contributed by atoms with E-state index in [1.807, 2.05) is 0 Å². The molecular weight excluding hydrogens is 400 g/mol. The molecule has 0 spiro atoms. The number of nitrogens with zero attached hydrogens (tertiary/aromatic N) is 2. The lowest BCUT2D eigenvalue weighted by molar-refractivity contribution is -0.391. The van der Waals surface area contributed by atoms with Gasteiger partial charge in [-0.15, -0.1) is 0 Å². The summed E-state index contributed by atoms with van der Waals surface area (Å²) in [6.07, 6.45) is -9.65. The molecule has 120 valence electrons. The minimum absolute atomic E-state index is 0.0450. The molecule has 1 aromatic heterocycles. The molecule has 0 amide bonds. The van der Waals surface area contributed by atoms with Gasteiger partial charge in [0.1, 0.15) is 0 Å². The van der Waals surface area contributed by atoms with E-state index in [9.17, 15) is 21.8 Å². The smallest absolute Gasteiger partial charge is 0.421 e. The molecule has 1 unspecified atom stereocenters. The van der Waals surface area contributed by atoms with Crippen molar-refractivity contribution in [1.82, 2.24) is 8.96 Å². The van der Waals surface area contributed by atoms with Gasteiger partial charge in [-0.05, 0) is 15.9 Å². The number of ether oxygens (including phenoxy) is 2. The molecule has 3 rings (SSSR count). The van der Waals surface area contributed by atoms with Gasteiger partial charge in [0.05, 0.1) is 18.1 Å². The topological polar surface area (TPSA) is 62.6 Å². The molecule has 22 heavy (non-hydrogen) atoms. The quantitative estimate of drug-likeness (QED) is 0.720. The van der Waals surface area contributed by atoms with Crippen LogP contribution in [-0.4, -0.2) is 32.5 Å². The third-order valence-electron chi connectivity index (χ3n) is 2.75. The number of hydrogen-bond acceptors (Lipinski definition) is 5. The maximum atomic E-state index is 13.2. The Hall–Kier alpha value is -1.40. The Morgan fingerprint density at radius 1 is 1.23 bits per heavy atom. The van der Waals surface area contributed by atoms with Crippen LogP contribution in [0.4, 0.5) is 17.6 Å². The second-order valence-corrected chi connectivity index (χ2v) is 5.93. The van der Waals surface area contributed by atoms with Crippen molar-refractivity contribution in [3.05, 3.63) is 16.9 Å². The molecule has 2 heterocycles. The van der Waals surface area contributed by atoms with Gasteiger partial charge in [-0.3, -0.25) is 4.18 Å². The number of alkyl halides is 4. The van der Waals surface area contributed by atoms with E-state index in [4.69, 9.17) is 0 Å². The Kier molecular flexibility index (Phi) is 3.38. The first kappa shape index (κ1) is 15.5. The van der Waals surface area contributed by atoms with Crippen molar-refractivity contribution in [3.63, 3.8) is 0 Å². The van der Waals surface area contributed by atoms with Crippen LogP contribution in [0.5, 0.6) is 11.5 Å². The Labute approximate surface area is 130 Å². The molecule has 2 aromatic rings. The molecule has 0 saturated carbocycles. The fourth-order valence-electron chi connectivity index (χ4n) is 1.81. The molecule has 0 bridgehead atoms. The van der Waals surface area contributed by atoms with Crippen LogP contribution in [0.1, 0.15) is 0 Å². The molecule has 0 N–H and O–H groups in total. The SMILES string of the molecule is COS(=O)n1c(Br)nc2cc3c(cc21)OC(F)(F)C(F)(F)O3. The van der Waals surface area contributed by atoms with Crippen LogP contribution in [0.15, 0.2) is 16.9 Å². The molecule has 1 aromatic carbocycles. The van der Waals surface area contributed by atoms with Gasteiger partial charge >= 0.3 is 12.2 Å². The maximum absolute atomic E-state index is 13.2. The molecule has 1 aliphatic rings. The van der Waals surface area contributed by atoms with E-state index in [1.165, 1.54) is 0 Å². The number of hydrogen-bond donors (Lipinski definition) is 0. The molecule has 6 nitrogen and oxygen atoms in total. The second kappa shape index (κ2) is 4.80. The van der Waals surface area contributed by atoms with Crippen LogP contribution >= 0.6 is 15.9 Å².